The maximum atomic E-state index is 13.0. The van der Waals surface area contributed by atoms with Gasteiger partial charge in [-0.15, -0.1) is 0 Å². The highest BCUT2D eigenvalue weighted by Crippen LogP contribution is 2.40. The molecule has 8 heteroatoms. The average Bonchev–Trinajstić information content (AvgIpc) is 3.30. The molecule has 1 saturated carbocycles. The minimum Gasteiger partial charge on any atom is -0.389 e. The van der Waals surface area contributed by atoms with Crippen LogP contribution in [0.2, 0.25) is 0 Å². The minimum atomic E-state index is -3.20. The molecule has 1 saturated heterocycles. The second kappa shape index (κ2) is 7.28. The second-order valence-corrected chi connectivity index (χ2v) is 11.5. The van der Waals surface area contributed by atoms with Gasteiger partial charge in [0.05, 0.1) is 22.6 Å². The lowest BCUT2D eigenvalue weighted by Gasteiger charge is -2.29. The Morgan fingerprint density at radius 3 is 2.80 bits per heavy atom. The van der Waals surface area contributed by atoms with Crippen LogP contribution in [0.4, 0.5) is 0 Å². The van der Waals surface area contributed by atoms with E-state index in [2.05, 4.69) is 21.0 Å². The first kappa shape index (κ1) is 19.9. The lowest BCUT2D eigenvalue weighted by Crippen LogP contribution is -2.38. The van der Waals surface area contributed by atoms with Gasteiger partial charge in [0.1, 0.15) is 11.5 Å². The van der Waals surface area contributed by atoms with E-state index in [-0.39, 0.29) is 11.1 Å². The standard InChI is InChI=1S/C22H28N4O3S/c1-22(27)8-10-26(13-22)14-30(28,29)16-6-4-15(5-7-16)18-11-24-21-20(18)17-3-2-9-23-19(17)12-25-21/h2-3,9,11-12,15-16,27H,4-8,10,13-14H2,1H3,(H,24,25). The van der Waals surface area contributed by atoms with Crippen LogP contribution in [0.15, 0.2) is 30.7 Å². The number of fused-ring (bicyclic) bond motifs is 3. The zero-order valence-electron chi connectivity index (χ0n) is 17.2. The van der Waals surface area contributed by atoms with E-state index in [0.29, 0.717) is 38.3 Å². The van der Waals surface area contributed by atoms with Crippen LogP contribution in [-0.4, -0.2) is 63.2 Å². The van der Waals surface area contributed by atoms with Gasteiger partial charge in [-0.25, -0.2) is 13.4 Å². The van der Waals surface area contributed by atoms with Gasteiger partial charge in [-0.05, 0) is 56.6 Å². The Labute approximate surface area is 176 Å². The summed E-state index contributed by atoms with van der Waals surface area (Å²) in [6.45, 7) is 2.86. The van der Waals surface area contributed by atoms with Crippen molar-refractivity contribution in [2.24, 2.45) is 0 Å². The SMILES string of the molecule is CC1(O)CCN(CS(=O)(=O)C2CCC(c3c[nH]c4ncc5ncccc5c34)CC2)C1. The Kier molecular flexibility index (Phi) is 4.83. The summed E-state index contributed by atoms with van der Waals surface area (Å²) in [5.41, 5.74) is 2.20. The van der Waals surface area contributed by atoms with Gasteiger partial charge in [0.25, 0.3) is 0 Å². The number of aromatic nitrogens is 3. The summed E-state index contributed by atoms with van der Waals surface area (Å²) in [6.07, 6.45) is 9.30. The lowest BCUT2D eigenvalue weighted by molar-refractivity contribution is 0.0710. The number of pyridine rings is 2. The smallest absolute Gasteiger partial charge is 0.166 e. The molecule has 1 unspecified atom stereocenters. The van der Waals surface area contributed by atoms with E-state index in [1.807, 2.05) is 17.2 Å². The normalized spacial score (nSPS) is 28.5. The Balaban J connectivity index is 1.32. The van der Waals surface area contributed by atoms with Gasteiger partial charge in [0, 0.05) is 36.3 Å². The molecule has 5 rings (SSSR count). The quantitative estimate of drug-likeness (QED) is 0.663. The summed E-state index contributed by atoms with van der Waals surface area (Å²) in [5.74, 6) is 0.386. The molecule has 2 N–H and O–H groups in total. The molecule has 0 radical (unpaired) electrons. The molecule has 0 bridgehead atoms. The fourth-order valence-electron chi connectivity index (χ4n) is 5.23. The number of nitrogens with one attached hydrogen (secondary N) is 1. The molecule has 1 aliphatic heterocycles. The van der Waals surface area contributed by atoms with E-state index in [0.717, 1.165) is 34.8 Å². The fourth-order valence-corrected chi connectivity index (χ4v) is 7.16. The van der Waals surface area contributed by atoms with Crippen LogP contribution < -0.4 is 0 Å². The van der Waals surface area contributed by atoms with Crippen molar-refractivity contribution in [3.05, 3.63) is 36.3 Å². The number of nitrogens with zero attached hydrogens (tertiary/aromatic N) is 3. The summed E-state index contributed by atoms with van der Waals surface area (Å²) in [7, 11) is -3.20. The molecule has 0 amide bonds. The summed E-state index contributed by atoms with van der Waals surface area (Å²) in [4.78, 5) is 14.1. The Hall–Kier alpha value is -2.03. The molecule has 0 aromatic carbocycles. The first-order valence-electron chi connectivity index (χ1n) is 10.7. The summed E-state index contributed by atoms with van der Waals surface area (Å²) >= 11 is 0. The number of rotatable bonds is 4. The van der Waals surface area contributed by atoms with Gasteiger partial charge >= 0.3 is 0 Å². The molecular weight excluding hydrogens is 400 g/mol. The average molecular weight is 429 g/mol. The molecule has 4 heterocycles. The van der Waals surface area contributed by atoms with Crippen molar-refractivity contribution in [3.8, 4) is 0 Å². The summed E-state index contributed by atoms with van der Waals surface area (Å²) in [5, 5.41) is 12.0. The Morgan fingerprint density at radius 2 is 2.07 bits per heavy atom. The van der Waals surface area contributed by atoms with Gasteiger partial charge < -0.3 is 10.1 Å². The topological polar surface area (TPSA) is 99.2 Å². The molecule has 0 spiro atoms. The van der Waals surface area contributed by atoms with Gasteiger partial charge in [0.2, 0.25) is 0 Å². The second-order valence-electron chi connectivity index (χ2n) is 9.23. The molecule has 3 aromatic heterocycles. The third-order valence-electron chi connectivity index (χ3n) is 6.83. The maximum Gasteiger partial charge on any atom is 0.166 e. The van der Waals surface area contributed by atoms with E-state index in [9.17, 15) is 13.5 Å². The van der Waals surface area contributed by atoms with Crippen molar-refractivity contribution < 1.29 is 13.5 Å². The van der Waals surface area contributed by atoms with Crippen molar-refractivity contribution in [1.29, 1.82) is 0 Å². The van der Waals surface area contributed by atoms with Crippen LogP contribution in [-0.2, 0) is 9.84 Å². The third-order valence-corrected chi connectivity index (χ3v) is 9.04. The van der Waals surface area contributed by atoms with Crippen LogP contribution >= 0.6 is 0 Å². The predicted molar refractivity (Wildman–Crippen MR) is 117 cm³/mol. The van der Waals surface area contributed by atoms with Crippen LogP contribution in [0.3, 0.4) is 0 Å². The number of hydrogen-bond acceptors (Lipinski definition) is 6. The van der Waals surface area contributed by atoms with Crippen LogP contribution in [0.1, 0.15) is 50.5 Å². The van der Waals surface area contributed by atoms with E-state index >= 15 is 0 Å². The van der Waals surface area contributed by atoms with Crippen molar-refractivity contribution in [2.75, 3.05) is 19.0 Å². The number of aromatic amines is 1. The molecule has 30 heavy (non-hydrogen) atoms. The first-order valence-corrected chi connectivity index (χ1v) is 12.4. The molecule has 1 atom stereocenters. The van der Waals surface area contributed by atoms with Crippen molar-refractivity contribution in [1.82, 2.24) is 19.9 Å². The molecular formula is C22H28N4O3S. The number of likely N-dealkylation sites (tertiary alicyclic amines) is 1. The number of hydrogen-bond donors (Lipinski definition) is 2. The first-order chi connectivity index (χ1) is 14.3. The predicted octanol–water partition coefficient (Wildman–Crippen LogP) is 2.97. The van der Waals surface area contributed by atoms with E-state index in [4.69, 9.17) is 0 Å². The van der Waals surface area contributed by atoms with Crippen molar-refractivity contribution in [2.45, 2.75) is 55.8 Å². The molecule has 2 aliphatic rings. The van der Waals surface area contributed by atoms with Crippen LogP contribution in [0, 0.1) is 0 Å². The highest BCUT2D eigenvalue weighted by atomic mass is 32.2. The highest BCUT2D eigenvalue weighted by Gasteiger charge is 2.37. The largest absolute Gasteiger partial charge is 0.389 e. The molecule has 2 fully saturated rings. The number of β-amino-alcohol motifs (C(OH)–C–C–N with tert-alkyl or cyclic N) is 1. The molecule has 160 valence electrons. The van der Waals surface area contributed by atoms with Gasteiger partial charge in [-0.3, -0.25) is 9.88 Å². The highest BCUT2D eigenvalue weighted by molar-refractivity contribution is 7.91. The van der Waals surface area contributed by atoms with Crippen LogP contribution in [0.25, 0.3) is 21.9 Å². The minimum absolute atomic E-state index is 0.0613. The van der Waals surface area contributed by atoms with Gasteiger partial charge in [-0.1, -0.05) is 6.07 Å². The number of H-pyrrole nitrogens is 1. The van der Waals surface area contributed by atoms with Gasteiger partial charge in [-0.2, -0.15) is 0 Å². The Bertz CT molecular complexity index is 1180. The van der Waals surface area contributed by atoms with E-state index in [1.165, 1.54) is 5.56 Å². The molecule has 1 aliphatic carbocycles. The molecule has 7 nitrogen and oxygen atoms in total. The lowest BCUT2D eigenvalue weighted by atomic mass is 9.83. The van der Waals surface area contributed by atoms with E-state index in [1.54, 1.807) is 19.3 Å². The zero-order valence-corrected chi connectivity index (χ0v) is 18.0. The summed E-state index contributed by atoms with van der Waals surface area (Å²) in [6, 6.07) is 4.02. The third kappa shape index (κ3) is 3.61. The summed E-state index contributed by atoms with van der Waals surface area (Å²) < 4.78 is 26.0. The van der Waals surface area contributed by atoms with Crippen molar-refractivity contribution >= 4 is 31.8 Å². The number of sulfone groups is 1. The van der Waals surface area contributed by atoms with Crippen LogP contribution in [0.5, 0.6) is 0 Å². The van der Waals surface area contributed by atoms with Crippen molar-refractivity contribution in [3.63, 3.8) is 0 Å². The van der Waals surface area contributed by atoms with Gasteiger partial charge in [0.15, 0.2) is 9.84 Å². The fraction of sp³-hybridized carbons (Fsp3) is 0.545. The maximum absolute atomic E-state index is 13.0. The van der Waals surface area contributed by atoms with E-state index < -0.39 is 15.4 Å². The zero-order chi connectivity index (χ0) is 20.9. The monoisotopic (exact) mass is 428 g/mol. The Morgan fingerprint density at radius 1 is 1.27 bits per heavy atom. The molecule has 3 aromatic rings. The number of aliphatic hydroxyl groups is 1.